The molecule has 0 saturated heterocycles. The van der Waals surface area contributed by atoms with Crippen molar-refractivity contribution in [2.75, 3.05) is 0 Å². The molecule has 0 unspecified atom stereocenters. The van der Waals surface area contributed by atoms with Crippen LogP contribution < -0.4 is 35.3 Å². The zero-order valence-corrected chi connectivity index (χ0v) is 9.35. The molecular weight excluding hydrogens is 161 g/mol. The molecule has 0 aromatic heterocycles. The fourth-order valence-electron chi connectivity index (χ4n) is 0.302. The van der Waals surface area contributed by atoms with Crippen LogP contribution >= 0.6 is 12.6 Å². The molecule has 0 amide bonds. The molecule has 0 bridgehead atoms. The minimum absolute atomic E-state index is 0. The second-order valence-corrected chi connectivity index (χ2v) is 3.62. The Balaban J connectivity index is -0.000000320. The van der Waals surface area contributed by atoms with Gasteiger partial charge in [-0.05, 0) is 13.8 Å². The van der Waals surface area contributed by atoms with Gasteiger partial charge >= 0.3 is 35.5 Å². The van der Waals surface area contributed by atoms with Gasteiger partial charge < -0.3 is 12.3 Å². The molecule has 3 N–H and O–H groups in total. The SMILES string of the molecule is CC(C)(S)[C@@H](N)C(=O)O.[H-].[Na+]. The maximum absolute atomic E-state index is 10.2. The molecule has 0 rings (SSSR count). The summed E-state index contributed by atoms with van der Waals surface area (Å²) in [6.07, 6.45) is 0. The number of hydrogen-bond acceptors (Lipinski definition) is 3. The zero-order chi connectivity index (χ0) is 7.65. The number of nitrogens with two attached hydrogens (primary N) is 1. The third-order valence-corrected chi connectivity index (χ3v) is 1.31. The van der Waals surface area contributed by atoms with E-state index in [9.17, 15) is 4.79 Å². The molecule has 3 nitrogen and oxygen atoms in total. The van der Waals surface area contributed by atoms with Crippen LogP contribution in [-0.4, -0.2) is 21.9 Å². The maximum atomic E-state index is 10.2. The Morgan fingerprint density at radius 2 is 2.10 bits per heavy atom. The van der Waals surface area contributed by atoms with Crippen LogP contribution in [0, 0.1) is 0 Å². The van der Waals surface area contributed by atoms with Gasteiger partial charge in [0.05, 0.1) is 0 Å². The predicted octanol–water partition coefficient (Wildman–Crippen LogP) is -2.78. The van der Waals surface area contributed by atoms with Crippen molar-refractivity contribution in [3.8, 4) is 0 Å². The first-order valence-corrected chi connectivity index (χ1v) is 3.01. The Labute approximate surface area is 89.5 Å². The number of carboxylic acid groups (broad SMARTS) is 1. The number of carboxylic acids is 1. The standard InChI is InChI=1S/C5H11NO2S.Na.H/c1-5(2,9)3(6)4(7)8;;/h3,9H,6H2,1-2H3,(H,7,8);;/q;+1;-1/t3-;;/m0../s1. The van der Waals surface area contributed by atoms with Crippen molar-refractivity contribution in [2.24, 2.45) is 5.73 Å². The Morgan fingerprint density at radius 1 is 1.80 bits per heavy atom. The van der Waals surface area contributed by atoms with Crippen molar-refractivity contribution in [3.05, 3.63) is 0 Å². The van der Waals surface area contributed by atoms with E-state index >= 15 is 0 Å². The largest absolute Gasteiger partial charge is 1.00 e. The quantitative estimate of drug-likeness (QED) is 0.313. The molecule has 1 atom stereocenters. The zero-order valence-electron chi connectivity index (χ0n) is 7.46. The van der Waals surface area contributed by atoms with Crippen molar-refractivity contribution < 1.29 is 40.9 Å². The number of thiol groups is 1. The summed E-state index contributed by atoms with van der Waals surface area (Å²) in [4.78, 5) is 10.2. The fourth-order valence-corrected chi connectivity index (χ4v) is 0.413. The summed E-state index contributed by atoms with van der Waals surface area (Å²) < 4.78 is -0.647. The summed E-state index contributed by atoms with van der Waals surface area (Å²) in [5, 5.41) is 8.34. The average Bonchev–Trinajstić information content (AvgIpc) is 1.62. The molecular formula is C5H12NNaO2S. The van der Waals surface area contributed by atoms with Crippen LogP contribution in [0.1, 0.15) is 15.3 Å². The maximum Gasteiger partial charge on any atom is 1.00 e. The van der Waals surface area contributed by atoms with Gasteiger partial charge in [-0.2, -0.15) is 12.6 Å². The van der Waals surface area contributed by atoms with E-state index in [2.05, 4.69) is 12.6 Å². The molecule has 0 radical (unpaired) electrons. The Hall–Kier alpha value is 0.780. The van der Waals surface area contributed by atoms with E-state index in [0.717, 1.165) is 0 Å². The van der Waals surface area contributed by atoms with Gasteiger partial charge in [-0.1, -0.05) is 0 Å². The summed E-state index contributed by atoms with van der Waals surface area (Å²) in [5.41, 5.74) is 5.22. The van der Waals surface area contributed by atoms with E-state index in [-0.39, 0.29) is 31.0 Å². The molecule has 0 fully saturated rings. The van der Waals surface area contributed by atoms with E-state index in [4.69, 9.17) is 10.8 Å². The number of carbonyl (C=O) groups is 1. The molecule has 0 aromatic rings. The van der Waals surface area contributed by atoms with Crippen LogP contribution in [0.3, 0.4) is 0 Å². The molecule has 0 spiro atoms. The van der Waals surface area contributed by atoms with Crippen LogP contribution in [0.15, 0.2) is 0 Å². The van der Waals surface area contributed by atoms with Gasteiger partial charge in [0, 0.05) is 4.75 Å². The molecule has 56 valence electrons. The van der Waals surface area contributed by atoms with E-state index in [1.54, 1.807) is 13.8 Å². The normalized spacial score (nSPS) is 13.6. The minimum Gasteiger partial charge on any atom is -1.00 e. The van der Waals surface area contributed by atoms with E-state index in [1.807, 2.05) is 0 Å². The monoisotopic (exact) mass is 173 g/mol. The number of rotatable bonds is 2. The smallest absolute Gasteiger partial charge is 1.00 e. The van der Waals surface area contributed by atoms with Crippen LogP contribution in [0.4, 0.5) is 0 Å². The first kappa shape index (κ1) is 13.4. The molecule has 0 saturated carbocycles. The molecule has 0 aliphatic heterocycles. The van der Waals surface area contributed by atoms with Gasteiger partial charge in [0.1, 0.15) is 6.04 Å². The number of aliphatic carboxylic acids is 1. The summed E-state index contributed by atoms with van der Waals surface area (Å²) in [6, 6.07) is -0.902. The molecule has 10 heavy (non-hydrogen) atoms. The second kappa shape index (κ2) is 4.62. The van der Waals surface area contributed by atoms with Gasteiger partial charge in [-0.15, -0.1) is 0 Å². The first-order valence-electron chi connectivity index (χ1n) is 2.56. The van der Waals surface area contributed by atoms with Gasteiger partial charge in [0.2, 0.25) is 0 Å². The first-order chi connectivity index (χ1) is 3.85. The summed E-state index contributed by atoms with van der Waals surface area (Å²) in [7, 11) is 0. The van der Waals surface area contributed by atoms with Crippen molar-refractivity contribution in [2.45, 2.75) is 24.6 Å². The molecule has 0 aliphatic rings. The van der Waals surface area contributed by atoms with Crippen LogP contribution in [0.25, 0.3) is 0 Å². The Kier molecular flexibility index (Phi) is 6.17. The van der Waals surface area contributed by atoms with Gasteiger partial charge in [-0.3, -0.25) is 4.79 Å². The van der Waals surface area contributed by atoms with Crippen molar-refractivity contribution >= 4 is 18.6 Å². The van der Waals surface area contributed by atoms with Crippen molar-refractivity contribution in [1.82, 2.24) is 0 Å². The van der Waals surface area contributed by atoms with Gasteiger partial charge in [0.25, 0.3) is 0 Å². The molecule has 0 aliphatic carbocycles. The Morgan fingerprint density at radius 3 is 2.10 bits per heavy atom. The van der Waals surface area contributed by atoms with E-state index < -0.39 is 16.8 Å². The van der Waals surface area contributed by atoms with Crippen LogP contribution in [0.5, 0.6) is 0 Å². The third kappa shape index (κ3) is 4.57. The average molecular weight is 173 g/mol. The minimum atomic E-state index is -1.02. The third-order valence-electron chi connectivity index (χ3n) is 1.03. The molecule has 5 heteroatoms. The Bertz CT molecular complexity index is 128. The van der Waals surface area contributed by atoms with Gasteiger partial charge in [0.15, 0.2) is 0 Å². The van der Waals surface area contributed by atoms with E-state index in [1.165, 1.54) is 0 Å². The van der Waals surface area contributed by atoms with Crippen LogP contribution in [-0.2, 0) is 4.79 Å². The summed E-state index contributed by atoms with van der Waals surface area (Å²) >= 11 is 3.98. The van der Waals surface area contributed by atoms with E-state index in [0.29, 0.717) is 0 Å². The predicted molar refractivity (Wildman–Crippen MR) is 39.8 cm³/mol. The summed E-state index contributed by atoms with van der Waals surface area (Å²) in [5.74, 6) is -1.02. The second-order valence-electron chi connectivity index (χ2n) is 2.47. The topological polar surface area (TPSA) is 63.3 Å². The van der Waals surface area contributed by atoms with Crippen LogP contribution in [0.2, 0.25) is 0 Å². The number of hydrogen-bond donors (Lipinski definition) is 3. The van der Waals surface area contributed by atoms with Crippen molar-refractivity contribution in [3.63, 3.8) is 0 Å². The summed E-state index contributed by atoms with van der Waals surface area (Å²) in [6.45, 7) is 3.32. The molecule has 0 aromatic carbocycles. The fraction of sp³-hybridized carbons (Fsp3) is 0.800. The van der Waals surface area contributed by atoms with Crippen molar-refractivity contribution in [1.29, 1.82) is 0 Å². The molecule has 0 heterocycles. The van der Waals surface area contributed by atoms with Gasteiger partial charge in [-0.25, -0.2) is 0 Å².